The van der Waals surface area contributed by atoms with Gasteiger partial charge in [0.15, 0.2) is 0 Å². The molecule has 0 aromatic heterocycles. The lowest BCUT2D eigenvalue weighted by molar-refractivity contribution is -0.355. The maximum absolute atomic E-state index is 13.3. The summed E-state index contributed by atoms with van der Waals surface area (Å²) in [6, 6.07) is 0. The van der Waals surface area contributed by atoms with Gasteiger partial charge in [-0.3, -0.25) is 0 Å². The molecule has 0 spiro atoms. The summed E-state index contributed by atoms with van der Waals surface area (Å²) >= 11 is 3.34. The van der Waals surface area contributed by atoms with Crippen molar-refractivity contribution in [3.05, 3.63) is 0 Å². The van der Waals surface area contributed by atoms with Crippen molar-refractivity contribution >= 4 is 12.6 Å². The highest BCUT2D eigenvalue weighted by Gasteiger charge is 2.75. The van der Waals surface area contributed by atoms with E-state index in [1.54, 1.807) is 0 Å². The zero-order chi connectivity index (χ0) is 18.9. The van der Waals surface area contributed by atoms with E-state index >= 15 is 0 Å². The van der Waals surface area contributed by atoms with E-state index in [2.05, 4.69) is 12.6 Å². The monoisotopic (exact) mass is 390 g/mol. The zero-order valence-corrected chi connectivity index (χ0v) is 11.8. The van der Waals surface area contributed by atoms with E-state index < -0.39 is 61.1 Å². The van der Waals surface area contributed by atoms with Gasteiger partial charge in [0.2, 0.25) is 0 Å². The Morgan fingerprint density at radius 2 is 1.09 bits per heavy atom. The Morgan fingerprint density at radius 1 is 0.696 bits per heavy atom. The van der Waals surface area contributed by atoms with Gasteiger partial charge in [0.05, 0.1) is 12.3 Å². The fourth-order valence-electron chi connectivity index (χ4n) is 1.69. The van der Waals surface area contributed by atoms with Crippen LogP contribution in [0.3, 0.4) is 0 Å². The smallest absolute Gasteiger partial charge is 0.223 e. The minimum absolute atomic E-state index is 0.598. The molecule has 0 bridgehead atoms. The molecule has 0 N–H and O–H groups in total. The normalized spacial score (nSPS) is 16.6. The summed E-state index contributed by atoms with van der Waals surface area (Å²) in [6.07, 6.45) is -25.8. The molecule has 0 fully saturated rings. The molecule has 0 saturated heterocycles. The molecule has 140 valence electrons. The number of hydrogen-bond donors (Lipinski definition) is 1. The van der Waals surface area contributed by atoms with Crippen LogP contribution in [0.15, 0.2) is 0 Å². The van der Waals surface area contributed by atoms with Gasteiger partial charge in [0.25, 0.3) is 5.92 Å². The summed E-state index contributed by atoms with van der Waals surface area (Å²) in [7, 11) is 0. The van der Waals surface area contributed by atoms with Crippen molar-refractivity contribution < 1.29 is 52.7 Å². The first-order valence-electron chi connectivity index (χ1n) is 5.75. The lowest BCUT2D eigenvalue weighted by Crippen LogP contribution is -2.56. The highest BCUT2D eigenvalue weighted by Crippen LogP contribution is 2.53. The van der Waals surface area contributed by atoms with Crippen LogP contribution in [0.25, 0.3) is 0 Å². The molecular weight excluding hydrogens is 380 g/mol. The van der Waals surface area contributed by atoms with E-state index in [1.807, 2.05) is 0 Å². The van der Waals surface area contributed by atoms with Gasteiger partial charge in [-0.05, 0) is 12.2 Å². The predicted octanol–water partition coefficient (Wildman–Crippen LogP) is 5.73. The Bertz CT molecular complexity index is 365. The molecule has 0 nitrogen and oxygen atoms in total. The average molecular weight is 390 g/mol. The van der Waals surface area contributed by atoms with Crippen molar-refractivity contribution in [3.63, 3.8) is 0 Å². The number of thiol groups is 1. The van der Waals surface area contributed by atoms with Crippen LogP contribution in [0.2, 0.25) is 0 Å². The van der Waals surface area contributed by atoms with Crippen LogP contribution in [-0.4, -0.2) is 35.9 Å². The van der Waals surface area contributed by atoms with Crippen LogP contribution in [0.4, 0.5) is 52.7 Å². The highest BCUT2D eigenvalue weighted by atomic mass is 32.1. The van der Waals surface area contributed by atoms with Crippen LogP contribution in [0.1, 0.15) is 19.3 Å². The molecule has 0 aromatic carbocycles. The summed E-state index contributed by atoms with van der Waals surface area (Å²) in [5.41, 5.74) is -6.32. The molecule has 0 aromatic rings. The van der Waals surface area contributed by atoms with Gasteiger partial charge < -0.3 is 0 Å². The van der Waals surface area contributed by atoms with Gasteiger partial charge in [-0.2, -0.15) is 52.1 Å². The number of rotatable bonds is 6. The Labute approximate surface area is 127 Å². The van der Waals surface area contributed by atoms with Crippen LogP contribution in [0.5, 0.6) is 0 Å². The van der Waals surface area contributed by atoms with Gasteiger partial charge in [-0.25, -0.2) is 13.2 Å². The summed E-state index contributed by atoms with van der Waals surface area (Å²) in [5, 5.41) is 0. The van der Waals surface area contributed by atoms with Crippen LogP contribution < -0.4 is 0 Å². The third-order valence-electron chi connectivity index (χ3n) is 2.89. The van der Waals surface area contributed by atoms with Crippen molar-refractivity contribution in [1.29, 1.82) is 0 Å². The standard InChI is InChI=1S/C10H10F12S/c11-6(12,3-5(1-2-23)8(14,15)16)4-7(13,9(17,18)19)10(20,21)22/h5,23H,1-4H2. The average Bonchev–Trinajstić information content (AvgIpc) is 2.22. The molecule has 0 rings (SSSR count). The highest BCUT2D eigenvalue weighted by molar-refractivity contribution is 7.80. The van der Waals surface area contributed by atoms with Crippen molar-refractivity contribution in [2.45, 2.75) is 49.4 Å². The number of halogens is 12. The van der Waals surface area contributed by atoms with Crippen LogP contribution >= 0.6 is 12.6 Å². The van der Waals surface area contributed by atoms with Crippen molar-refractivity contribution in [3.8, 4) is 0 Å². The molecule has 0 heterocycles. The van der Waals surface area contributed by atoms with E-state index in [0.717, 1.165) is 0 Å². The quantitative estimate of drug-likeness (QED) is 0.435. The zero-order valence-electron chi connectivity index (χ0n) is 10.9. The summed E-state index contributed by atoms with van der Waals surface area (Å²) in [4.78, 5) is 0. The first kappa shape index (κ1) is 22.5. The fourth-order valence-corrected chi connectivity index (χ4v) is 2.00. The van der Waals surface area contributed by atoms with E-state index in [9.17, 15) is 52.7 Å². The van der Waals surface area contributed by atoms with Gasteiger partial charge >= 0.3 is 24.2 Å². The minimum Gasteiger partial charge on any atom is -0.223 e. The van der Waals surface area contributed by atoms with Crippen LogP contribution in [-0.2, 0) is 0 Å². The maximum atomic E-state index is 13.3. The Morgan fingerprint density at radius 3 is 1.35 bits per heavy atom. The fraction of sp³-hybridized carbons (Fsp3) is 1.00. The third kappa shape index (κ3) is 5.82. The molecule has 0 aliphatic heterocycles. The van der Waals surface area contributed by atoms with Gasteiger partial charge in [-0.15, -0.1) is 0 Å². The second-order valence-electron chi connectivity index (χ2n) is 4.78. The molecule has 0 aliphatic rings. The predicted molar refractivity (Wildman–Crippen MR) is 58.1 cm³/mol. The Hall–Kier alpha value is -0.490. The molecule has 23 heavy (non-hydrogen) atoms. The lowest BCUT2D eigenvalue weighted by Gasteiger charge is -2.34. The molecule has 0 amide bonds. The third-order valence-corrected chi connectivity index (χ3v) is 3.14. The van der Waals surface area contributed by atoms with E-state index in [-0.39, 0.29) is 0 Å². The first-order chi connectivity index (χ1) is 9.87. The number of hydrogen-bond acceptors (Lipinski definition) is 1. The summed E-state index contributed by atoms with van der Waals surface area (Å²) < 4.78 is 150. The Kier molecular flexibility index (Phi) is 6.64. The first-order valence-corrected chi connectivity index (χ1v) is 6.38. The summed E-state index contributed by atoms with van der Waals surface area (Å²) in [6.45, 7) is 0. The van der Waals surface area contributed by atoms with Crippen molar-refractivity contribution in [1.82, 2.24) is 0 Å². The largest absolute Gasteiger partial charge is 0.431 e. The molecule has 1 unspecified atom stereocenters. The second kappa shape index (κ2) is 6.79. The molecule has 0 aliphatic carbocycles. The molecule has 1 atom stereocenters. The lowest BCUT2D eigenvalue weighted by atomic mass is 9.89. The Balaban J connectivity index is 5.50. The van der Waals surface area contributed by atoms with E-state index in [0.29, 0.717) is 0 Å². The number of alkyl halides is 12. The molecule has 0 saturated carbocycles. The second-order valence-corrected chi connectivity index (χ2v) is 5.23. The molecule has 13 heteroatoms. The van der Waals surface area contributed by atoms with Gasteiger partial charge in [0, 0.05) is 6.42 Å². The van der Waals surface area contributed by atoms with Gasteiger partial charge in [-0.1, -0.05) is 0 Å². The topological polar surface area (TPSA) is 0 Å². The van der Waals surface area contributed by atoms with Crippen LogP contribution in [0, 0.1) is 5.92 Å². The molecular formula is C10H10F12S. The van der Waals surface area contributed by atoms with Gasteiger partial charge in [0.1, 0.15) is 0 Å². The maximum Gasteiger partial charge on any atom is 0.431 e. The van der Waals surface area contributed by atoms with E-state index in [4.69, 9.17) is 0 Å². The minimum atomic E-state index is -6.76. The SMILES string of the molecule is FC(F)(CC(CCS)C(F)(F)F)CC(F)(C(F)(F)F)C(F)(F)F. The van der Waals surface area contributed by atoms with Crippen molar-refractivity contribution in [2.75, 3.05) is 5.75 Å². The van der Waals surface area contributed by atoms with E-state index in [1.165, 1.54) is 0 Å². The van der Waals surface area contributed by atoms with Crippen molar-refractivity contribution in [2.24, 2.45) is 5.92 Å². The molecule has 0 radical (unpaired) electrons. The summed E-state index contributed by atoms with van der Waals surface area (Å²) in [5.74, 6) is -8.71.